The van der Waals surface area contributed by atoms with E-state index in [-0.39, 0.29) is 72.0 Å². The quantitative estimate of drug-likeness (QED) is 0.0362. The van der Waals surface area contributed by atoms with Crippen molar-refractivity contribution < 1.29 is 28.7 Å². The molecule has 0 rings (SSSR count). The first-order valence-electron chi connectivity index (χ1n) is 17.0. The van der Waals surface area contributed by atoms with Crippen molar-refractivity contribution in [3.05, 3.63) is 0 Å². The van der Waals surface area contributed by atoms with Gasteiger partial charge < -0.3 is 9.47 Å². The number of carbonyl (C=O) groups excluding carboxylic acids is 4. The van der Waals surface area contributed by atoms with E-state index in [0.717, 1.165) is 64.2 Å². The predicted molar refractivity (Wildman–Crippen MR) is 174 cm³/mol. The maximum atomic E-state index is 11.8. The van der Waals surface area contributed by atoms with Gasteiger partial charge in [0, 0.05) is 84.8 Å². The molecular formula is C34H62Na2O6. The van der Waals surface area contributed by atoms with Crippen LogP contribution in [0.1, 0.15) is 194 Å². The predicted octanol–water partition coefficient (Wildman–Crippen LogP) is 9.33. The Balaban J connectivity index is -0.00000760. The number of unbranched alkanes of at least 4 members (excludes halogenated alkanes) is 21. The second kappa shape index (κ2) is 37.5. The normalized spacial score (nSPS) is 10.4. The maximum Gasteiger partial charge on any atom is 0.313 e. The monoisotopic (exact) mass is 612 g/mol. The standard InChI is InChI=1S/C34H62O6.2Na/c1-3-5-7-9-11-13-15-19-23-27-31(35)39-33(37)29-25-21-17-18-22-26-30-34(38)40-32(36)28-24-20-16-14-12-10-8-6-4-2;;/h3-30H2,1-2H3;;. The first kappa shape index (κ1) is 46.7. The van der Waals surface area contributed by atoms with Gasteiger partial charge in [0.15, 0.2) is 0 Å². The summed E-state index contributed by atoms with van der Waals surface area (Å²) in [7, 11) is 0. The van der Waals surface area contributed by atoms with Gasteiger partial charge in [-0.05, 0) is 25.7 Å². The van der Waals surface area contributed by atoms with Crippen molar-refractivity contribution in [2.75, 3.05) is 0 Å². The SMILES string of the molecule is CCCCCCCCCCCC(=O)OC(=O)CCCCCCCCC(=O)OC(=O)CCCCCCCCCCC.[Na].[Na]. The van der Waals surface area contributed by atoms with Crippen LogP contribution in [0.15, 0.2) is 0 Å². The Labute approximate surface area is 302 Å². The molecule has 0 saturated heterocycles. The molecule has 2 radical (unpaired) electrons. The molecule has 0 amide bonds. The summed E-state index contributed by atoms with van der Waals surface area (Å²) in [6.07, 6.45) is 27.7. The zero-order valence-electron chi connectivity index (χ0n) is 28.2. The number of rotatable bonds is 29. The van der Waals surface area contributed by atoms with Crippen LogP contribution in [0.5, 0.6) is 0 Å². The van der Waals surface area contributed by atoms with Crippen molar-refractivity contribution in [1.29, 1.82) is 0 Å². The second-order valence-corrected chi connectivity index (χ2v) is 11.5. The molecule has 0 aromatic heterocycles. The van der Waals surface area contributed by atoms with Crippen molar-refractivity contribution in [2.45, 2.75) is 194 Å². The van der Waals surface area contributed by atoms with Gasteiger partial charge in [-0.25, -0.2) is 0 Å². The Morgan fingerprint density at radius 3 is 0.667 bits per heavy atom. The molecule has 0 aliphatic rings. The van der Waals surface area contributed by atoms with E-state index in [0.29, 0.717) is 25.7 Å². The number of hydrogen-bond acceptors (Lipinski definition) is 6. The summed E-state index contributed by atoms with van der Waals surface area (Å²) in [4.78, 5) is 47.3. The van der Waals surface area contributed by atoms with Gasteiger partial charge in [-0.2, -0.15) is 0 Å². The fourth-order valence-electron chi connectivity index (χ4n) is 4.86. The van der Waals surface area contributed by atoms with Crippen molar-refractivity contribution >= 4 is 83.0 Å². The van der Waals surface area contributed by atoms with Crippen molar-refractivity contribution in [3.8, 4) is 0 Å². The van der Waals surface area contributed by atoms with E-state index >= 15 is 0 Å². The molecule has 0 fully saturated rings. The Morgan fingerprint density at radius 2 is 0.476 bits per heavy atom. The van der Waals surface area contributed by atoms with E-state index in [2.05, 4.69) is 13.8 Å². The number of hydrogen-bond donors (Lipinski definition) is 0. The second-order valence-electron chi connectivity index (χ2n) is 11.5. The van der Waals surface area contributed by atoms with Crippen LogP contribution in [0, 0.1) is 0 Å². The zero-order valence-corrected chi connectivity index (χ0v) is 32.2. The van der Waals surface area contributed by atoms with Gasteiger partial charge in [-0.1, -0.05) is 142 Å². The summed E-state index contributed by atoms with van der Waals surface area (Å²) in [5.41, 5.74) is 0. The minimum absolute atomic E-state index is 0. The third-order valence-electron chi connectivity index (χ3n) is 7.44. The molecule has 42 heavy (non-hydrogen) atoms. The summed E-state index contributed by atoms with van der Waals surface area (Å²) in [5.74, 6) is -1.63. The zero-order chi connectivity index (χ0) is 29.5. The Kier molecular flexibility index (Phi) is 41.7. The Hall–Kier alpha value is 0.280. The molecule has 0 aliphatic heterocycles. The minimum atomic E-state index is -0.421. The molecule has 0 spiro atoms. The summed E-state index contributed by atoms with van der Waals surface area (Å²) >= 11 is 0. The van der Waals surface area contributed by atoms with Crippen LogP contribution in [0.25, 0.3) is 0 Å². The third-order valence-corrected chi connectivity index (χ3v) is 7.44. The van der Waals surface area contributed by atoms with E-state index in [1.165, 1.54) is 77.0 Å². The van der Waals surface area contributed by atoms with Crippen LogP contribution in [-0.4, -0.2) is 83.0 Å². The van der Waals surface area contributed by atoms with Crippen LogP contribution >= 0.6 is 0 Å². The third kappa shape index (κ3) is 36.5. The molecular weight excluding hydrogens is 550 g/mol. The van der Waals surface area contributed by atoms with E-state index < -0.39 is 23.9 Å². The van der Waals surface area contributed by atoms with Gasteiger partial charge in [0.2, 0.25) is 0 Å². The molecule has 0 unspecified atom stereocenters. The van der Waals surface area contributed by atoms with Gasteiger partial charge in [0.25, 0.3) is 0 Å². The fourth-order valence-corrected chi connectivity index (χ4v) is 4.86. The summed E-state index contributed by atoms with van der Waals surface area (Å²) < 4.78 is 9.85. The van der Waals surface area contributed by atoms with Gasteiger partial charge in [-0.15, -0.1) is 0 Å². The molecule has 0 bridgehead atoms. The van der Waals surface area contributed by atoms with Crippen LogP contribution in [0.4, 0.5) is 0 Å². The van der Waals surface area contributed by atoms with Crippen LogP contribution in [-0.2, 0) is 28.7 Å². The van der Waals surface area contributed by atoms with E-state index in [1.54, 1.807) is 0 Å². The summed E-state index contributed by atoms with van der Waals surface area (Å²) in [5, 5.41) is 0. The van der Waals surface area contributed by atoms with Crippen molar-refractivity contribution in [2.24, 2.45) is 0 Å². The molecule has 8 heteroatoms. The van der Waals surface area contributed by atoms with Crippen molar-refractivity contribution in [1.82, 2.24) is 0 Å². The molecule has 0 heterocycles. The van der Waals surface area contributed by atoms with Gasteiger partial charge in [-0.3, -0.25) is 19.2 Å². The van der Waals surface area contributed by atoms with E-state index in [1.807, 2.05) is 0 Å². The molecule has 0 saturated carbocycles. The molecule has 236 valence electrons. The number of ether oxygens (including phenoxy) is 2. The number of esters is 4. The first-order chi connectivity index (χ1) is 19.5. The molecule has 6 nitrogen and oxygen atoms in total. The topological polar surface area (TPSA) is 86.7 Å². The van der Waals surface area contributed by atoms with Crippen LogP contribution in [0.3, 0.4) is 0 Å². The summed E-state index contributed by atoms with van der Waals surface area (Å²) in [6.45, 7) is 4.45. The maximum absolute atomic E-state index is 11.8. The average molecular weight is 613 g/mol. The van der Waals surface area contributed by atoms with Gasteiger partial charge in [0.05, 0.1) is 0 Å². The molecule has 0 atom stereocenters. The summed E-state index contributed by atoms with van der Waals surface area (Å²) in [6, 6.07) is 0. The smallest absolute Gasteiger partial charge is 0.313 e. The molecule has 0 N–H and O–H groups in total. The average Bonchev–Trinajstić information content (AvgIpc) is 2.92. The Morgan fingerprint density at radius 1 is 0.310 bits per heavy atom. The van der Waals surface area contributed by atoms with Gasteiger partial charge >= 0.3 is 23.9 Å². The number of carbonyl (C=O) groups is 4. The molecule has 0 aromatic rings. The van der Waals surface area contributed by atoms with Crippen LogP contribution < -0.4 is 0 Å². The first-order valence-corrected chi connectivity index (χ1v) is 17.0. The van der Waals surface area contributed by atoms with Crippen molar-refractivity contribution in [3.63, 3.8) is 0 Å². The Bertz CT molecular complexity index is 588. The van der Waals surface area contributed by atoms with E-state index in [4.69, 9.17) is 9.47 Å². The fraction of sp³-hybridized carbons (Fsp3) is 0.882. The van der Waals surface area contributed by atoms with E-state index in [9.17, 15) is 19.2 Å². The van der Waals surface area contributed by atoms with Gasteiger partial charge in [0.1, 0.15) is 0 Å². The van der Waals surface area contributed by atoms with Crippen LogP contribution in [0.2, 0.25) is 0 Å². The molecule has 0 aliphatic carbocycles. The largest absolute Gasteiger partial charge is 0.393 e. The minimum Gasteiger partial charge on any atom is -0.393 e. The molecule has 0 aromatic carbocycles.